The topological polar surface area (TPSA) is 50.1 Å². The van der Waals surface area contributed by atoms with Crippen LogP contribution in [0.5, 0.6) is 0 Å². The largest absolute Gasteiger partial charge is 0.373 e. The summed E-state index contributed by atoms with van der Waals surface area (Å²) in [6.07, 6.45) is 5.45. The normalized spacial score (nSPS) is 34.9. The summed E-state index contributed by atoms with van der Waals surface area (Å²) in [4.78, 5) is 0. The Morgan fingerprint density at radius 1 is 0.762 bits per heavy atom. The molecule has 0 aliphatic carbocycles. The van der Waals surface area contributed by atoms with E-state index in [0.29, 0.717) is 24.4 Å². The zero-order valence-electron chi connectivity index (χ0n) is 12.3. The number of hydrogen-bond donors (Lipinski definition) is 0. The standard InChI is InChI=1S/C17H22O4/c1-2-11(3-13-7-18-13)17(6-16-10-21-16)12(4-14-8-19-14)5-15-9-20-15/h13-16H,1,3-10H2. The molecule has 0 radical (unpaired) electrons. The summed E-state index contributed by atoms with van der Waals surface area (Å²) in [6.45, 7) is 7.43. The molecule has 4 unspecified atom stereocenters. The Hall–Kier alpha value is -0.900. The second-order valence-corrected chi connectivity index (χ2v) is 6.38. The Morgan fingerprint density at radius 2 is 1.19 bits per heavy atom. The van der Waals surface area contributed by atoms with Crippen LogP contribution >= 0.6 is 0 Å². The van der Waals surface area contributed by atoms with Crippen LogP contribution in [0.15, 0.2) is 29.0 Å². The third-order valence-electron chi connectivity index (χ3n) is 4.43. The van der Waals surface area contributed by atoms with E-state index < -0.39 is 0 Å². The van der Waals surface area contributed by atoms with Crippen molar-refractivity contribution < 1.29 is 18.9 Å². The maximum atomic E-state index is 5.46. The Balaban J connectivity index is 1.57. The van der Waals surface area contributed by atoms with E-state index in [2.05, 4.69) is 12.3 Å². The van der Waals surface area contributed by atoms with E-state index in [4.69, 9.17) is 18.9 Å². The number of ether oxygens (including phenoxy) is 4. The van der Waals surface area contributed by atoms with Gasteiger partial charge in [0.15, 0.2) is 0 Å². The molecule has 0 aromatic heterocycles. The van der Waals surface area contributed by atoms with Crippen LogP contribution in [-0.4, -0.2) is 50.8 Å². The van der Waals surface area contributed by atoms with Crippen molar-refractivity contribution in [2.45, 2.75) is 50.1 Å². The van der Waals surface area contributed by atoms with Gasteiger partial charge in [-0.2, -0.15) is 0 Å². The van der Waals surface area contributed by atoms with Gasteiger partial charge < -0.3 is 18.9 Å². The predicted molar refractivity (Wildman–Crippen MR) is 77.1 cm³/mol. The minimum absolute atomic E-state index is 0.361. The summed E-state index contributed by atoms with van der Waals surface area (Å²) in [6, 6.07) is 0. The van der Waals surface area contributed by atoms with E-state index in [0.717, 1.165) is 52.1 Å². The lowest BCUT2D eigenvalue weighted by Crippen LogP contribution is -2.06. The van der Waals surface area contributed by atoms with E-state index in [1.165, 1.54) is 16.7 Å². The van der Waals surface area contributed by atoms with E-state index in [-0.39, 0.29) is 0 Å². The lowest BCUT2D eigenvalue weighted by Gasteiger charge is -2.16. The number of hydrogen-bond acceptors (Lipinski definition) is 4. The molecule has 0 saturated carbocycles. The highest BCUT2D eigenvalue weighted by Crippen LogP contribution is 2.37. The lowest BCUT2D eigenvalue weighted by atomic mass is 9.89. The van der Waals surface area contributed by atoms with Gasteiger partial charge in [0, 0.05) is 12.8 Å². The van der Waals surface area contributed by atoms with Gasteiger partial charge in [0.25, 0.3) is 0 Å². The Bertz CT molecular complexity index is 471. The van der Waals surface area contributed by atoms with Crippen LogP contribution in [0.4, 0.5) is 0 Å². The van der Waals surface area contributed by atoms with Gasteiger partial charge in [-0.05, 0) is 24.0 Å². The van der Waals surface area contributed by atoms with Crippen LogP contribution in [-0.2, 0) is 18.9 Å². The van der Waals surface area contributed by atoms with Crippen LogP contribution in [0, 0.1) is 0 Å². The van der Waals surface area contributed by atoms with E-state index in [9.17, 15) is 0 Å². The summed E-state index contributed by atoms with van der Waals surface area (Å²) in [5, 5.41) is 0. The molecule has 0 spiro atoms. The van der Waals surface area contributed by atoms with Crippen LogP contribution in [0.1, 0.15) is 25.7 Å². The first-order valence-corrected chi connectivity index (χ1v) is 7.88. The van der Waals surface area contributed by atoms with Crippen molar-refractivity contribution in [2.24, 2.45) is 0 Å². The van der Waals surface area contributed by atoms with E-state index in [1.54, 1.807) is 0 Å². The van der Waals surface area contributed by atoms with E-state index in [1.807, 2.05) is 0 Å². The first-order chi connectivity index (χ1) is 10.3. The van der Waals surface area contributed by atoms with Gasteiger partial charge in [-0.1, -0.05) is 12.2 Å². The molecule has 0 N–H and O–H groups in total. The highest BCUT2D eigenvalue weighted by atomic mass is 16.6. The highest BCUT2D eigenvalue weighted by Gasteiger charge is 2.34. The molecule has 4 nitrogen and oxygen atoms in total. The maximum Gasteiger partial charge on any atom is 0.0856 e. The predicted octanol–water partition coefficient (Wildman–Crippen LogP) is 2.15. The maximum absolute atomic E-state index is 5.46. The van der Waals surface area contributed by atoms with Crippen molar-refractivity contribution in [2.75, 3.05) is 26.4 Å². The Morgan fingerprint density at radius 3 is 1.62 bits per heavy atom. The molecule has 114 valence electrons. The summed E-state index contributed by atoms with van der Waals surface area (Å²) in [7, 11) is 0. The van der Waals surface area contributed by atoms with Crippen LogP contribution in [0.25, 0.3) is 0 Å². The second-order valence-electron chi connectivity index (χ2n) is 6.38. The summed E-state index contributed by atoms with van der Waals surface area (Å²) in [5.41, 5.74) is 7.22. The summed E-state index contributed by atoms with van der Waals surface area (Å²) in [5.74, 6) is 0. The molecule has 0 aromatic rings. The molecular weight excluding hydrogens is 268 g/mol. The van der Waals surface area contributed by atoms with Crippen molar-refractivity contribution >= 4 is 0 Å². The number of epoxide rings is 4. The molecule has 4 fully saturated rings. The van der Waals surface area contributed by atoms with Crippen molar-refractivity contribution in [3.8, 4) is 0 Å². The molecule has 21 heavy (non-hydrogen) atoms. The fraction of sp³-hybridized carbons (Fsp3) is 0.706. The average Bonchev–Trinajstić information content (AvgIpc) is 3.34. The first-order valence-electron chi connectivity index (χ1n) is 7.88. The third-order valence-corrected chi connectivity index (χ3v) is 4.43. The van der Waals surface area contributed by atoms with Gasteiger partial charge in [0.1, 0.15) is 0 Å². The summed E-state index contributed by atoms with van der Waals surface area (Å²) < 4.78 is 21.7. The van der Waals surface area contributed by atoms with Crippen molar-refractivity contribution in [1.82, 2.24) is 0 Å². The molecular formula is C17H22O4. The Labute approximate surface area is 125 Å². The molecule has 0 bridgehead atoms. The van der Waals surface area contributed by atoms with Crippen LogP contribution in [0.2, 0.25) is 0 Å². The van der Waals surface area contributed by atoms with Gasteiger partial charge in [0.2, 0.25) is 0 Å². The van der Waals surface area contributed by atoms with E-state index >= 15 is 0 Å². The average molecular weight is 290 g/mol. The molecule has 4 rings (SSSR count). The fourth-order valence-corrected chi connectivity index (χ4v) is 2.86. The molecule has 4 heterocycles. The molecule has 4 heteroatoms. The van der Waals surface area contributed by atoms with Crippen LogP contribution in [0.3, 0.4) is 0 Å². The van der Waals surface area contributed by atoms with Gasteiger partial charge in [-0.15, -0.1) is 5.73 Å². The fourth-order valence-electron chi connectivity index (χ4n) is 2.86. The van der Waals surface area contributed by atoms with Gasteiger partial charge >= 0.3 is 0 Å². The molecule has 0 amide bonds. The Kier molecular flexibility index (Phi) is 3.74. The zero-order chi connectivity index (χ0) is 14.2. The van der Waals surface area contributed by atoms with Gasteiger partial charge in [-0.3, -0.25) is 0 Å². The lowest BCUT2D eigenvalue weighted by molar-refractivity contribution is 0.385. The zero-order valence-corrected chi connectivity index (χ0v) is 12.3. The van der Waals surface area contributed by atoms with Crippen molar-refractivity contribution in [3.05, 3.63) is 29.0 Å². The highest BCUT2D eigenvalue weighted by molar-refractivity contribution is 5.37. The second kappa shape index (κ2) is 5.71. The smallest absolute Gasteiger partial charge is 0.0856 e. The first kappa shape index (κ1) is 13.7. The minimum atomic E-state index is 0.361. The molecule has 0 aromatic carbocycles. The quantitative estimate of drug-likeness (QED) is 0.371. The minimum Gasteiger partial charge on any atom is -0.373 e. The van der Waals surface area contributed by atoms with Gasteiger partial charge in [0.05, 0.1) is 50.8 Å². The van der Waals surface area contributed by atoms with Crippen LogP contribution < -0.4 is 0 Å². The molecule has 4 aliphatic rings. The molecule has 4 aliphatic heterocycles. The number of rotatable bonds is 9. The van der Waals surface area contributed by atoms with Crippen molar-refractivity contribution in [3.63, 3.8) is 0 Å². The molecule has 4 saturated heterocycles. The third kappa shape index (κ3) is 4.06. The summed E-state index contributed by atoms with van der Waals surface area (Å²) >= 11 is 0. The SMILES string of the molecule is C=C=C(CC1CO1)C(CC1CO1)=C(CC1CO1)CC1CO1. The van der Waals surface area contributed by atoms with Crippen molar-refractivity contribution in [1.29, 1.82) is 0 Å². The molecule has 4 atom stereocenters. The monoisotopic (exact) mass is 290 g/mol. The van der Waals surface area contributed by atoms with Gasteiger partial charge in [-0.25, -0.2) is 0 Å².